The van der Waals surface area contributed by atoms with E-state index >= 15 is 0 Å². The van der Waals surface area contributed by atoms with Crippen molar-refractivity contribution in [3.8, 4) is 0 Å². The van der Waals surface area contributed by atoms with Gasteiger partial charge in [0.05, 0.1) is 25.2 Å². The topological polar surface area (TPSA) is 140 Å². The van der Waals surface area contributed by atoms with Crippen LogP contribution in [0.25, 0.3) is 0 Å². The Morgan fingerprint density at radius 2 is 1.12 bits per heavy atom. The van der Waals surface area contributed by atoms with E-state index < -0.39 is 0 Å². The summed E-state index contributed by atoms with van der Waals surface area (Å²) >= 11 is 0. The minimum atomic E-state index is -0.314. The van der Waals surface area contributed by atoms with Gasteiger partial charge in [-0.15, -0.1) is 0 Å². The van der Waals surface area contributed by atoms with Gasteiger partial charge in [-0.05, 0) is 38.8 Å². The number of amides is 4. The fraction of sp³-hybridized carbons (Fsp3) is 0.750. The summed E-state index contributed by atoms with van der Waals surface area (Å²) in [5.41, 5.74) is 0. The molecule has 0 spiro atoms. The highest BCUT2D eigenvalue weighted by Crippen LogP contribution is 2.04. The van der Waals surface area contributed by atoms with Gasteiger partial charge in [-0.25, -0.2) is 0 Å². The van der Waals surface area contributed by atoms with Crippen molar-refractivity contribution in [1.29, 1.82) is 0 Å². The van der Waals surface area contributed by atoms with Crippen LogP contribution in [0.2, 0.25) is 0 Å². The van der Waals surface area contributed by atoms with E-state index in [4.69, 9.17) is 0 Å². The van der Waals surface area contributed by atoms with Crippen LogP contribution in [0.5, 0.6) is 0 Å². The lowest BCUT2D eigenvalue weighted by molar-refractivity contribution is -0.127. The van der Waals surface area contributed by atoms with E-state index in [-0.39, 0.29) is 61.9 Å². The third-order valence-corrected chi connectivity index (χ3v) is 4.37. The Balaban J connectivity index is 1.47. The van der Waals surface area contributed by atoms with E-state index in [1.54, 1.807) is 0 Å². The van der Waals surface area contributed by atoms with Crippen molar-refractivity contribution in [1.82, 2.24) is 31.9 Å². The zero-order valence-electron chi connectivity index (χ0n) is 14.9. The maximum Gasteiger partial charge on any atom is 0.239 e. The molecule has 26 heavy (non-hydrogen) atoms. The maximum absolute atomic E-state index is 11.7. The fourth-order valence-electron chi connectivity index (χ4n) is 2.93. The van der Waals surface area contributed by atoms with Crippen molar-refractivity contribution < 1.29 is 19.2 Å². The highest BCUT2D eigenvalue weighted by Gasteiger charge is 2.22. The molecule has 6 N–H and O–H groups in total. The molecular weight excluding hydrogens is 340 g/mol. The first kappa shape index (κ1) is 20.1. The summed E-state index contributed by atoms with van der Waals surface area (Å²) in [5.74, 6) is -0.964. The first-order valence-electron chi connectivity index (χ1n) is 9.12. The molecule has 2 heterocycles. The molecule has 0 aromatic rings. The maximum atomic E-state index is 11.7. The van der Waals surface area contributed by atoms with Gasteiger partial charge in [0.25, 0.3) is 0 Å². The third kappa shape index (κ3) is 6.96. The van der Waals surface area contributed by atoms with Crippen LogP contribution in [0, 0.1) is 0 Å². The molecule has 0 bridgehead atoms. The summed E-state index contributed by atoms with van der Waals surface area (Å²) in [7, 11) is 0. The molecule has 2 aliphatic heterocycles. The second-order valence-electron chi connectivity index (χ2n) is 6.43. The molecule has 0 aromatic heterocycles. The molecule has 4 amide bonds. The van der Waals surface area contributed by atoms with Gasteiger partial charge in [-0.3, -0.25) is 19.2 Å². The molecule has 2 saturated heterocycles. The molecule has 2 fully saturated rings. The summed E-state index contributed by atoms with van der Waals surface area (Å²) in [4.78, 5) is 46.8. The summed E-state index contributed by atoms with van der Waals surface area (Å²) in [6.45, 7) is 1.97. The Morgan fingerprint density at radius 3 is 1.46 bits per heavy atom. The lowest BCUT2D eigenvalue weighted by atomic mass is 10.2. The third-order valence-electron chi connectivity index (χ3n) is 4.37. The average Bonchev–Trinajstić information content (AvgIpc) is 3.34. The minimum Gasteiger partial charge on any atom is -0.353 e. The Bertz CT molecular complexity index is 469. The van der Waals surface area contributed by atoms with Gasteiger partial charge in [0.2, 0.25) is 23.6 Å². The SMILES string of the molecule is O=C(CNC(=O)[C@@H]1CCCN1)NCCNC(=O)CNC(=O)[C@@H]1CCCN1. The number of carbonyl (C=O) groups is 4. The van der Waals surface area contributed by atoms with Crippen LogP contribution < -0.4 is 31.9 Å². The van der Waals surface area contributed by atoms with E-state index in [2.05, 4.69) is 31.9 Å². The summed E-state index contributed by atoms with van der Waals surface area (Å²) < 4.78 is 0. The number of nitrogens with one attached hydrogen (secondary N) is 6. The molecule has 2 aliphatic rings. The van der Waals surface area contributed by atoms with Crippen LogP contribution in [0.4, 0.5) is 0 Å². The van der Waals surface area contributed by atoms with Crippen molar-refractivity contribution in [3.05, 3.63) is 0 Å². The Hall–Kier alpha value is -2.20. The van der Waals surface area contributed by atoms with E-state index in [9.17, 15) is 19.2 Å². The molecule has 0 aliphatic carbocycles. The van der Waals surface area contributed by atoms with Crippen molar-refractivity contribution in [2.24, 2.45) is 0 Å². The molecule has 0 unspecified atom stereocenters. The molecule has 2 atom stereocenters. The van der Waals surface area contributed by atoms with Gasteiger partial charge in [0.15, 0.2) is 0 Å². The van der Waals surface area contributed by atoms with E-state index in [1.165, 1.54) is 0 Å². The summed E-state index contributed by atoms with van der Waals surface area (Å²) in [6, 6.07) is -0.423. The molecule has 146 valence electrons. The van der Waals surface area contributed by atoms with Crippen LogP contribution in [0.15, 0.2) is 0 Å². The Morgan fingerprint density at radius 1 is 0.692 bits per heavy atom. The van der Waals surface area contributed by atoms with Crippen molar-refractivity contribution in [2.75, 3.05) is 39.3 Å². The van der Waals surface area contributed by atoms with Crippen molar-refractivity contribution in [2.45, 2.75) is 37.8 Å². The first-order valence-corrected chi connectivity index (χ1v) is 9.12. The predicted molar refractivity (Wildman–Crippen MR) is 94.1 cm³/mol. The van der Waals surface area contributed by atoms with Crippen LogP contribution >= 0.6 is 0 Å². The fourth-order valence-corrected chi connectivity index (χ4v) is 2.93. The zero-order chi connectivity index (χ0) is 18.8. The number of rotatable bonds is 9. The first-order chi connectivity index (χ1) is 12.6. The summed E-state index contributed by atoms with van der Waals surface area (Å²) in [5, 5.41) is 16.5. The Kier molecular flexibility index (Phi) is 8.29. The highest BCUT2D eigenvalue weighted by atomic mass is 16.2. The van der Waals surface area contributed by atoms with Gasteiger partial charge >= 0.3 is 0 Å². The van der Waals surface area contributed by atoms with Crippen LogP contribution in [0.1, 0.15) is 25.7 Å². The molecular formula is C16H28N6O4. The van der Waals surface area contributed by atoms with E-state index in [0.717, 1.165) is 38.8 Å². The number of hydrogen-bond acceptors (Lipinski definition) is 6. The van der Waals surface area contributed by atoms with Crippen molar-refractivity contribution >= 4 is 23.6 Å². The monoisotopic (exact) mass is 368 g/mol. The van der Waals surface area contributed by atoms with Gasteiger partial charge < -0.3 is 31.9 Å². The minimum absolute atomic E-state index is 0.0879. The second kappa shape index (κ2) is 10.7. The smallest absolute Gasteiger partial charge is 0.239 e. The quantitative estimate of drug-likeness (QED) is 0.239. The van der Waals surface area contributed by atoms with Gasteiger partial charge in [-0.1, -0.05) is 0 Å². The van der Waals surface area contributed by atoms with E-state index in [0.29, 0.717) is 0 Å². The number of hydrogen-bond donors (Lipinski definition) is 6. The molecule has 0 aromatic carbocycles. The lowest BCUT2D eigenvalue weighted by Crippen LogP contribution is -2.47. The number of carbonyl (C=O) groups excluding carboxylic acids is 4. The zero-order valence-corrected chi connectivity index (χ0v) is 14.9. The molecule has 0 radical (unpaired) electrons. The van der Waals surface area contributed by atoms with Gasteiger partial charge in [0, 0.05) is 13.1 Å². The largest absolute Gasteiger partial charge is 0.353 e. The van der Waals surface area contributed by atoms with Crippen LogP contribution in [-0.2, 0) is 19.2 Å². The molecule has 10 heteroatoms. The predicted octanol–water partition coefficient (Wildman–Crippen LogP) is -3.04. The summed E-state index contributed by atoms with van der Waals surface area (Å²) in [6.07, 6.45) is 3.49. The Labute approximate surface area is 152 Å². The van der Waals surface area contributed by atoms with E-state index in [1.807, 2.05) is 0 Å². The lowest BCUT2D eigenvalue weighted by Gasteiger charge is -2.12. The van der Waals surface area contributed by atoms with Crippen LogP contribution in [-0.4, -0.2) is 75.0 Å². The average molecular weight is 368 g/mol. The van der Waals surface area contributed by atoms with Gasteiger partial charge in [0.1, 0.15) is 0 Å². The van der Waals surface area contributed by atoms with Crippen molar-refractivity contribution in [3.63, 3.8) is 0 Å². The second-order valence-corrected chi connectivity index (χ2v) is 6.43. The molecule has 0 saturated carbocycles. The highest BCUT2D eigenvalue weighted by molar-refractivity contribution is 5.88. The standard InChI is InChI=1S/C16H28N6O4/c23-13(9-21-15(25)11-3-1-5-17-11)19-7-8-20-14(24)10-22-16(26)12-4-2-6-18-12/h11-12,17-18H,1-10H2,(H,19,23)(H,20,24)(H,21,25)(H,22,26)/t11-,12-/m0/s1. The molecule has 2 rings (SSSR count). The molecule has 10 nitrogen and oxygen atoms in total. The normalized spacial score (nSPS) is 21.8. The van der Waals surface area contributed by atoms with Gasteiger partial charge in [-0.2, -0.15) is 0 Å². The van der Waals surface area contributed by atoms with Crippen LogP contribution in [0.3, 0.4) is 0 Å².